The minimum Gasteiger partial charge on any atom is -0.382 e. The summed E-state index contributed by atoms with van der Waals surface area (Å²) in [6, 6.07) is 3.77. The molecule has 8 heteroatoms. The van der Waals surface area contributed by atoms with Gasteiger partial charge in [0.25, 0.3) is 0 Å². The van der Waals surface area contributed by atoms with E-state index in [9.17, 15) is 4.79 Å². The van der Waals surface area contributed by atoms with Crippen LogP contribution in [-0.2, 0) is 22.6 Å². The van der Waals surface area contributed by atoms with Crippen LogP contribution >= 0.6 is 0 Å². The van der Waals surface area contributed by atoms with E-state index >= 15 is 0 Å². The van der Waals surface area contributed by atoms with Gasteiger partial charge in [-0.3, -0.25) is 14.2 Å². The third-order valence-corrected chi connectivity index (χ3v) is 4.48. The smallest absolute Gasteiger partial charge is 0.244 e. The van der Waals surface area contributed by atoms with Crippen molar-refractivity contribution >= 4 is 11.7 Å². The molecule has 0 aliphatic carbocycles. The molecule has 24 heavy (non-hydrogen) atoms. The number of methoxy groups -OCH3 is 1. The topological polar surface area (TPSA) is 91.2 Å². The highest BCUT2D eigenvalue weighted by atomic mass is 16.5. The molecule has 3 rings (SSSR count). The van der Waals surface area contributed by atoms with Crippen molar-refractivity contribution in [2.45, 2.75) is 45.5 Å². The van der Waals surface area contributed by atoms with Gasteiger partial charge < -0.3 is 15.4 Å². The van der Waals surface area contributed by atoms with Crippen LogP contribution in [0.5, 0.6) is 0 Å². The van der Waals surface area contributed by atoms with E-state index < -0.39 is 0 Å². The maximum atomic E-state index is 12.8. The van der Waals surface area contributed by atoms with E-state index in [1.807, 2.05) is 31.0 Å². The van der Waals surface area contributed by atoms with Crippen molar-refractivity contribution in [1.82, 2.24) is 24.5 Å². The number of nitrogens with two attached hydrogens (primary N) is 1. The molecule has 2 aromatic rings. The largest absolute Gasteiger partial charge is 0.382 e. The normalized spacial score (nSPS) is 20.7. The average molecular weight is 332 g/mol. The fourth-order valence-corrected chi connectivity index (χ4v) is 3.27. The summed E-state index contributed by atoms with van der Waals surface area (Å²) in [5.74, 6) is 0.530. The van der Waals surface area contributed by atoms with Crippen LogP contribution in [0.25, 0.3) is 0 Å². The van der Waals surface area contributed by atoms with E-state index in [1.54, 1.807) is 22.5 Å². The predicted octanol–water partition coefficient (Wildman–Crippen LogP) is 0.595. The van der Waals surface area contributed by atoms with Crippen LogP contribution in [0.15, 0.2) is 18.3 Å². The zero-order valence-electron chi connectivity index (χ0n) is 14.3. The lowest BCUT2D eigenvalue weighted by Gasteiger charge is -2.24. The second-order valence-electron chi connectivity index (χ2n) is 6.34. The number of ether oxygens (including phenoxy) is 1. The van der Waals surface area contributed by atoms with Gasteiger partial charge in [-0.05, 0) is 32.4 Å². The Kier molecular flexibility index (Phi) is 4.57. The standard InChI is InChI=1S/C16H24N6O2/c1-11-6-12(2)22(18-11)10-16(23)21-9-14(24-3)7-13(21)8-20-5-4-15(17)19-20/h4-6,13-14H,7-10H2,1-3H3,(H2,17,19)/t13-,14+/m0/s1. The van der Waals surface area contributed by atoms with Crippen LogP contribution < -0.4 is 5.73 Å². The molecular formula is C16H24N6O2. The van der Waals surface area contributed by atoms with E-state index in [-0.39, 0.29) is 24.6 Å². The second-order valence-corrected chi connectivity index (χ2v) is 6.34. The number of carbonyl (C=O) groups excluding carboxylic acids is 1. The highest BCUT2D eigenvalue weighted by Crippen LogP contribution is 2.22. The molecule has 0 saturated carbocycles. The number of rotatable bonds is 5. The Labute approximate surface area is 141 Å². The van der Waals surface area contributed by atoms with Gasteiger partial charge in [-0.2, -0.15) is 10.2 Å². The number of hydrogen-bond acceptors (Lipinski definition) is 5. The summed E-state index contributed by atoms with van der Waals surface area (Å²) in [6.07, 6.45) is 2.67. The van der Waals surface area contributed by atoms with Crippen molar-refractivity contribution in [3.63, 3.8) is 0 Å². The minimum atomic E-state index is 0.0405. The Morgan fingerprint density at radius 3 is 2.79 bits per heavy atom. The monoisotopic (exact) mass is 332 g/mol. The van der Waals surface area contributed by atoms with Gasteiger partial charge in [-0.15, -0.1) is 0 Å². The molecule has 0 unspecified atom stereocenters. The van der Waals surface area contributed by atoms with E-state index in [4.69, 9.17) is 10.5 Å². The predicted molar refractivity (Wildman–Crippen MR) is 89.3 cm³/mol. The first kappa shape index (κ1) is 16.5. The Bertz CT molecular complexity index is 722. The molecule has 0 bridgehead atoms. The fraction of sp³-hybridized carbons (Fsp3) is 0.562. The summed E-state index contributed by atoms with van der Waals surface area (Å²) in [5.41, 5.74) is 7.58. The maximum absolute atomic E-state index is 12.8. The Morgan fingerprint density at radius 2 is 2.21 bits per heavy atom. The molecule has 130 valence electrons. The van der Waals surface area contributed by atoms with Gasteiger partial charge >= 0.3 is 0 Å². The fourth-order valence-electron chi connectivity index (χ4n) is 3.27. The Balaban J connectivity index is 1.72. The molecule has 8 nitrogen and oxygen atoms in total. The average Bonchev–Trinajstić information content (AvgIpc) is 3.20. The highest BCUT2D eigenvalue weighted by Gasteiger charge is 2.35. The zero-order chi connectivity index (χ0) is 17.3. The summed E-state index contributed by atoms with van der Waals surface area (Å²) in [4.78, 5) is 14.7. The molecule has 1 saturated heterocycles. The van der Waals surface area contributed by atoms with Crippen molar-refractivity contribution < 1.29 is 9.53 Å². The van der Waals surface area contributed by atoms with Crippen molar-refractivity contribution in [2.75, 3.05) is 19.4 Å². The van der Waals surface area contributed by atoms with Gasteiger partial charge in [0.15, 0.2) is 0 Å². The Morgan fingerprint density at radius 1 is 1.42 bits per heavy atom. The molecule has 3 heterocycles. The van der Waals surface area contributed by atoms with E-state index in [0.717, 1.165) is 17.8 Å². The SMILES string of the molecule is CO[C@@H]1C[C@@H](Cn2ccc(N)n2)N(C(=O)Cn2nc(C)cc2C)C1. The molecule has 2 atom stereocenters. The van der Waals surface area contributed by atoms with Crippen molar-refractivity contribution in [3.8, 4) is 0 Å². The van der Waals surface area contributed by atoms with Crippen LogP contribution in [0.3, 0.4) is 0 Å². The minimum absolute atomic E-state index is 0.0405. The molecule has 1 amide bonds. The molecule has 1 aliphatic heterocycles. The molecule has 2 aromatic heterocycles. The number of aromatic nitrogens is 4. The van der Waals surface area contributed by atoms with E-state index in [2.05, 4.69) is 10.2 Å². The van der Waals surface area contributed by atoms with Crippen LogP contribution in [-0.4, -0.2) is 56.2 Å². The number of carbonyl (C=O) groups is 1. The van der Waals surface area contributed by atoms with E-state index in [0.29, 0.717) is 18.9 Å². The molecule has 0 aromatic carbocycles. The summed E-state index contributed by atoms with van der Waals surface area (Å²) in [5, 5.41) is 8.60. The number of anilines is 1. The number of nitrogen functional groups attached to an aromatic ring is 1. The Hall–Kier alpha value is -2.35. The van der Waals surface area contributed by atoms with Crippen LogP contribution in [0.2, 0.25) is 0 Å². The maximum Gasteiger partial charge on any atom is 0.244 e. The first-order valence-electron chi connectivity index (χ1n) is 8.08. The van der Waals surface area contributed by atoms with Crippen molar-refractivity contribution in [2.24, 2.45) is 0 Å². The van der Waals surface area contributed by atoms with E-state index in [1.165, 1.54) is 0 Å². The van der Waals surface area contributed by atoms with Crippen LogP contribution in [0.1, 0.15) is 17.8 Å². The number of amides is 1. The van der Waals surface area contributed by atoms with Gasteiger partial charge in [-0.25, -0.2) is 0 Å². The lowest BCUT2D eigenvalue weighted by Crippen LogP contribution is -2.40. The van der Waals surface area contributed by atoms with Crippen LogP contribution in [0.4, 0.5) is 5.82 Å². The first-order valence-corrected chi connectivity index (χ1v) is 8.08. The third kappa shape index (κ3) is 3.43. The number of likely N-dealkylation sites (tertiary alicyclic amines) is 1. The van der Waals surface area contributed by atoms with Crippen molar-refractivity contribution in [3.05, 3.63) is 29.7 Å². The van der Waals surface area contributed by atoms with Gasteiger partial charge in [0, 0.05) is 25.5 Å². The second kappa shape index (κ2) is 6.64. The summed E-state index contributed by atoms with van der Waals surface area (Å²) >= 11 is 0. The number of hydrogen-bond donors (Lipinski definition) is 1. The van der Waals surface area contributed by atoms with Gasteiger partial charge in [-0.1, -0.05) is 0 Å². The lowest BCUT2D eigenvalue weighted by molar-refractivity contribution is -0.133. The summed E-state index contributed by atoms with van der Waals surface area (Å²) in [7, 11) is 1.68. The molecule has 1 aliphatic rings. The van der Waals surface area contributed by atoms with Crippen LogP contribution in [0, 0.1) is 13.8 Å². The number of nitrogens with zero attached hydrogens (tertiary/aromatic N) is 5. The lowest BCUT2D eigenvalue weighted by atomic mass is 10.2. The molecular weight excluding hydrogens is 308 g/mol. The number of aryl methyl sites for hydroxylation is 2. The van der Waals surface area contributed by atoms with Gasteiger partial charge in [0.05, 0.1) is 24.4 Å². The summed E-state index contributed by atoms with van der Waals surface area (Å²) in [6.45, 7) is 5.33. The third-order valence-electron chi connectivity index (χ3n) is 4.48. The summed E-state index contributed by atoms with van der Waals surface area (Å²) < 4.78 is 9.00. The van der Waals surface area contributed by atoms with Crippen molar-refractivity contribution in [1.29, 1.82) is 0 Å². The van der Waals surface area contributed by atoms with Gasteiger partial charge in [0.2, 0.25) is 5.91 Å². The molecule has 0 radical (unpaired) electrons. The van der Waals surface area contributed by atoms with Gasteiger partial charge in [0.1, 0.15) is 12.4 Å². The highest BCUT2D eigenvalue weighted by molar-refractivity contribution is 5.76. The first-order chi connectivity index (χ1) is 11.5. The molecule has 1 fully saturated rings. The zero-order valence-corrected chi connectivity index (χ0v) is 14.3. The quantitative estimate of drug-likeness (QED) is 0.865. The molecule has 2 N–H and O–H groups in total. The molecule has 0 spiro atoms.